The first kappa shape index (κ1) is 19.2. The van der Waals surface area contributed by atoms with Crippen LogP contribution >= 0.6 is 45.3 Å². The molecule has 0 fully saturated rings. The molecule has 8 aromatic rings. The van der Waals surface area contributed by atoms with Crippen molar-refractivity contribution in [1.29, 1.82) is 0 Å². The molecule has 0 saturated heterocycles. The molecule has 5 heterocycles. The summed E-state index contributed by atoms with van der Waals surface area (Å²) in [7, 11) is 0. The predicted octanol–water partition coefficient (Wildman–Crippen LogP) is 8.88. The van der Waals surface area contributed by atoms with Crippen molar-refractivity contribution in [2.75, 3.05) is 0 Å². The zero-order valence-corrected chi connectivity index (χ0v) is 22.5. The molecular formula is C26H12N2S4Te. The van der Waals surface area contributed by atoms with Crippen LogP contribution in [0.1, 0.15) is 0 Å². The van der Waals surface area contributed by atoms with E-state index in [2.05, 4.69) is 71.4 Å². The third-order valence-corrected chi connectivity index (χ3v) is 11.8. The van der Waals surface area contributed by atoms with Crippen molar-refractivity contribution >= 4 is 118 Å². The molecule has 156 valence electrons. The number of hydrogen-bond donors (Lipinski definition) is 0. The first-order valence-electron chi connectivity index (χ1n) is 10.4. The first-order chi connectivity index (χ1) is 16.3. The third-order valence-electron chi connectivity index (χ3n) is 6.21. The van der Waals surface area contributed by atoms with Crippen LogP contribution in [-0.4, -0.2) is 27.4 Å². The summed E-state index contributed by atoms with van der Waals surface area (Å²) in [6.07, 6.45) is 0. The van der Waals surface area contributed by atoms with Crippen molar-refractivity contribution in [3.8, 4) is 20.9 Å². The monoisotopic (exact) mass is 610 g/mol. The van der Waals surface area contributed by atoms with Crippen LogP contribution in [0.4, 0.5) is 0 Å². The SMILES string of the molecule is c1cc2c(ccc3sc(-c4ccc(-c5cc6c(ccc7sccc76)s5)c5n[te]nc45)cc32)s1. The summed E-state index contributed by atoms with van der Waals surface area (Å²) in [5.41, 5.74) is 4.65. The number of thiophene rings is 4. The summed E-state index contributed by atoms with van der Waals surface area (Å²) in [5, 5.41) is 9.77. The fourth-order valence-corrected chi connectivity index (χ4v) is 10.1. The van der Waals surface area contributed by atoms with Gasteiger partial charge in [0.25, 0.3) is 0 Å². The van der Waals surface area contributed by atoms with E-state index in [9.17, 15) is 0 Å². The number of rotatable bonds is 2. The van der Waals surface area contributed by atoms with E-state index in [1.54, 1.807) is 0 Å². The number of fused-ring (bicyclic) bond motifs is 7. The van der Waals surface area contributed by atoms with Crippen molar-refractivity contribution in [2.45, 2.75) is 0 Å². The topological polar surface area (TPSA) is 25.8 Å². The molecule has 33 heavy (non-hydrogen) atoms. The van der Waals surface area contributed by atoms with E-state index in [0.29, 0.717) is 0 Å². The van der Waals surface area contributed by atoms with E-state index in [1.165, 1.54) is 61.2 Å². The Morgan fingerprint density at radius 1 is 0.515 bits per heavy atom. The molecule has 5 aromatic heterocycles. The Morgan fingerprint density at radius 3 is 1.52 bits per heavy atom. The Labute approximate surface area is 214 Å². The average Bonchev–Trinajstić information content (AvgIpc) is 3.65. The molecule has 0 aliphatic heterocycles. The second-order valence-electron chi connectivity index (χ2n) is 7.96. The Balaban J connectivity index is 1.34. The minimum absolute atomic E-state index is 0.723. The second-order valence-corrected chi connectivity index (χ2v) is 13.5. The predicted molar refractivity (Wildman–Crippen MR) is 149 cm³/mol. The number of aromatic nitrogens is 2. The van der Waals surface area contributed by atoms with Crippen LogP contribution in [0.3, 0.4) is 0 Å². The van der Waals surface area contributed by atoms with Crippen LogP contribution in [0.15, 0.2) is 71.4 Å². The summed E-state index contributed by atoms with van der Waals surface area (Å²) >= 11 is 6.62. The van der Waals surface area contributed by atoms with Gasteiger partial charge in [-0.25, -0.2) is 0 Å². The van der Waals surface area contributed by atoms with E-state index in [-0.39, 0.29) is 0 Å². The van der Waals surface area contributed by atoms with Gasteiger partial charge < -0.3 is 0 Å². The fourth-order valence-electron chi connectivity index (χ4n) is 4.66. The van der Waals surface area contributed by atoms with Crippen molar-refractivity contribution in [1.82, 2.24) is 6.41 Å². The zero-order chi connectivity index (χ0) is 21.5. The molecule has 2 nitrogen and oxygen atoms in total. The Hall–Kier alpha value is -2.11. The van der Waals surface area contributed by atoms with Crippen molar-refractivity contribution in [3.05, 3.63) is 71.4 Å². The molecule has 0 amide bonds. The quantitative estimate of drug-likeness (QED) is 0.183. The standard InChI is InChI=1S/C26H12N2S4Te/c1-2-16(24-12-18-14-8-10-30-20(14)4-6-22(18)32-24)26-25(27-33-28-26)15(1)23-11-17-13-7-9-29-19(13)3-5-21(17)31-23/h1-12H. The summed E-state index contributed by atoms with van der Waals surface area (Å²) in [4.78, 5) is 2.58. The van der Waals surface area contributed by atoms with E-state index in [4.69, 9.17) is 6.41 Å². The molecule has 0 aliphatic carbocycles. The van der Waals surface area contributed by atoms with Crippen LogP contribution in [0.5, 0.6) is 0 Å². The van der Waals surface area contributed by atoms with E-state index < -0.39 is 21.0 Å². The molecule has 8 rings (SSSR count). The van der Waals surface area contributed by atoms with Gasteiger partial charge in [-0.1, -0.05) is 0 Å². The Kier molecular flexibility index (Phi) is 4.19. The normalized spacial score (nSPS) is 12.2. The maximum atomic E-state index is 4.96. The van der Waals surface area contributed by atoms with Gasteiger partial charge in [-0.05, 0) is 0 Å². The molecule has 7 heteroatoms. The van der Waals surface area contributed by atoms with E-state index in [1.807, 2.05) is 45.3 Å². The van der Waals surface area contributed by atoms with Crippen LogP contribution in [0.2, 0.25) is 0 Å². The summed E-state index contributed by atoms with van der Waals surface area (Å²) < 4.78 is 15.3. The molecule has 3 aromatic carbocycles. The summed E-state index contributed by atoms with van der Waals surface area (Å²) in [6, 6.07) is 22.7. The number of benzene rings is 3. The van der Waals surface area contributed by atoms with Gasteiger partial charge in [0.15, 0.2) is 0 Å². The molecule has 0 aliphatic rings. The number of nitrogens with zero attached hydrogens (tertiary/aromatic N) is 2. The van der Waals surface area contributed by atoms with Gasteiger partial charge in [0, 0.05) is 0 Å². The summed E-state index contributed by atoms with van der Waals surface area (Å²) in [5.74, 6) is 0. The van der Waals surface area contributed by atoms with E-state index in [0.717, 1.165) is 11.0 Å². The Bertz CT molecular complexity index is 1860. The molecule has 0 saturated carbocycles. The second kappa shape index (κ2) is 7.19. The third kappa shape index (κ3) is 2.81. The van der Waals surface area contributed by atoms with Crippen LogP contribution in [-0.2, 0) is 0 Å². The summed E-state index contributed by atoms with van der Waals surface area (Å²) in [6.45, 7) is 0. The van der Waals surface area contributed by atoms with Crippen LogP contribution < -0.4 is 0 Å². The molecule has 0 spiro atoms. The van der Waals surface area contributed by atoms with Crippen molar-refractivity contribution < 1.29 is 0 Å². The average molecular weight is 608 g/mol. The van der Waals surface area contributed by atoms with Gasteiger partial charge in [0.05, 0.1) is 0 Å². The zero-order valence-electron chi connectivity index (χ0n) is 16.9. The maximum absolute atomic E-state index is 4.96. The fraction of sp³-hybridized carbons (Fsp3) is 0. The molecular weight excluding hydrogens is 596 g/mol. The molecule has 0 radical (unpaired) electrons. The molecule has 0 atom stereocenters. The van der Waals surface area contributed by atoms with Gasteiger partial charge in [-0.3, -0.25) is 0 Å². The van der Waals surface area contributed by atoms with Crippen molar-refractivity contribution in [2.24, 2.45) is 0 Å². The number of hydrogen-bond acceptors (Lipinski definition) is 6. The molecule has 0 bridgehead atoms. The van der Waals surface area contributed by atoms with Gasteiger partial charge in [-0.2, -0.15) is 0 Å². The van der Waals surface area contributed by atoms with Crippen LogP contribution in [0, 0.1) is 0 Å². The van der Waals surface area contributed by atoms with Gasteiger partial charge in [0.1, 0.15) is 0 Å². The van der Waals surface area contributed by atoms with Gasteiger partial charge >= 0.3 is 216 Å². The minimum atomic E-state index is -0.723. The molecule has 0 N–H and O–H groups in total. The Morgan fingerprint density at radius 2 is 1.00 bits per heavy atom. The van der Waals surface area contributed by atoms with Crippen molar-refractivity contribution in [3.63, 3.8) is 0 Å². The van der Waals surface area contributed by atoms with Gasteiger partial charge in [-0.15, -0.1) is 0 Å². The van der Waals surface area contributed by atoms with Gasteiger partial charge in [0.2, 0.25) is 0 Å². The van der Waals surface area contributed by atoms with E-state index >= 15 is 0 Å². The molecule has 0 unspecified atom stereocenters. The first-order valence-corrected chi connectivity index (χ1v) is 15.9. The van der Waals surface area contributed by atoms with Crippen LogP contribution in [0.25, 0.3) is 72.3 Å².